The molecule has 3 aliphatic rings. The molecule has 226 valence electrons. The molecule has 5 atom stereocenters. The minimum Gasteiger partial charge on any atom is -0.457 e. The lowest BCUT2D eigenvalue weighted by molar-refractivity contribution is -0.325. The van der Waals surface area contributed by atoms with Crippen molar-refractivity contribution in [2.24, 2.45) is 17.3 Å². The van der Waals surface area contributed by atoms with Crippen LogP contribution in [0.3, 0.4) is 0 Å². The van der Waals surface area contributed by atoms with Crippen LogP contribution in [0.5, 0.6) is 11.5 Å². The van der Waals surface area contributed by atoms with Crippen molar-refractivity contribution >= 4 is 12.6 Å². The van der Waals surface area contributed by atoms with E-state index in [9.17, 15) is 22.0 Å². The van der Waals surface area contributed by atoms with Crippen molar-refractivity contribution < 1.29 is 36.2 Å². The minimum atomic E-state index is -4.60. The van der Waals surface area contributed by atoms with E-state index in [2.05, 4.69) is 35.7 Å². The van der Waals surface area contributed by atoms with Gasteiger partial charge in [-0.05, 0) is 91.4 Å². The van der Waals surface area contributed by atoms with Crippen molar-refractivity contribution in [2.45, 2.75) is 76.8 Å². The summed E-state index contributed by atoms with van der Waals surface area (Å²) in [5.74, 6) is 1.44. The highest BCUT2D eigenvalue weighted by Gasteiger charge is 2.55. The largest absolute Gasteiger partial charge is 0.522 e. The summed E-state index contributed by atoms with van der Waals surface area (Å²) in [5, 5.41) is 2.95. The molecule has 0 heterocycles. The summed E-state index contributed by atoms with van der Waals surface area (Å²) in [5.41, 5.74) is 2.55. The Bertz CT molecular complexity index is 1190. The van der Waals surface area contributed by atoms with Crippen LogP contribution in [0.15, 0.2) is 30.3 Å². The Morgan fingerprint density at radius 1 is 1.00 bits per heavy atom. The van der Waals surface area contributed by atoms with Crippen LogP contribution in [0.2, 0.25) is 0 Å². The van der Waals surface area contributed by atoms with Crippen molar-refractivity contribution in [3.63, 3.8) is 0 Å². The average Bonchev–Trinajstić information content (AvgIpc) is 3.25. The van der Waals surface area contributed by atoms with Crippen molar-refractivity contribution in [1.82, 2.24) is 5.32 Å². The van der Waals surface area contributed by atoms with E-state index in [0.29, 0.717) is 35.8 Å². The van der Waals surface area contributed by atoms with Crippen LogP contribution in [-0.2, 0) is 22.4 Å². The van der Waals surface area contributed by atoms with Crippen molar-refractivity contribution in [3.8, 4) is 11.5 Å². The summed E-state index contributed by atoms with van der Waals surface area (Å²) in [4.78, 5) is 0. The lowest BCUT2D eigenvalue weighted by Crippen LogP contribution is -2.44. The van der Waals surface area contributed by atoms with Gasteiger partial charge >= 0.3 is 6.36 Å². The molecule has 0 saturated heterocycles. The zero-order valence-electron chi connectivity index (χ0n) is 23.2. The number of rotatable bonds is 11. The highest BCUT2D eigenvalue weighted by atomic mass is 32.1. The number of nitrogens with one attached hydrogen (secondary N) is 1. The Morgan fingerprint density at radius 3 is 2.51 bits per heavy atom. The number of fused-ring (bicyclic) bond motifs is 5. The van der Waals surface area contributed by atoms with Gasteiger partial charge in [0.1, 0.15) is 23.1 Å². The third-order valence-corrected chi connectivity index (χ3v) is 9.65. The predicted octanol–water partition coefficient (Wildman–Crippen LogP) is 7.94. The fourth-order valence-corrected chi connectivity index (χ4v) is 7.71. The van der Waals surface area contributed by atoms with Crippen molar-refractivity contribution in [2.75, 3.05) is 25.5 Å². The molecule has 0 spiro atoms. The molecule has 0 aliphatic heterocycles. The number of hydrogen-bond acceptors (Lipinski definition) is 5. The molecule has 0 radical (unpaired) electrons. The molecule has 10 heteroatoms. The standard InChI is InChI=1S/C31H38F5NO3S/c1-30-10-9-23-22-6-4-20(40-21-16-27(32)25(28(33)17-21)18-37-11-14-41)15-19(22)3-5-24(23)26(30)7-8-29(30)38-12-2-13-39-31(34,35)36/h4,6,15-17,23-24,26,29,37,41H,2-3,5,7-14,18H2,1H3. The van der Waals surface area contributed by atoms with Gasteiger partial charge in [-0.2, -0.15) is 12.6 Å². The van der Waals surface area contributed by atoms with E-state index in [1.54, 1.807) is 0 Å². The SMILES string of the molecule is CC12CCC3c4ccc(Oc5cc(F)c(CNCCS)c(F)c5)cc4CCC3C1CCC2OCCCOC(F)(F)F. The highest BCUT2D eigenvalue weighted by Crippen LogP contribution is 2.61. The van der Waals surface area contributed by atoms with E-state index in [4.69, 9.17) is 9.47 Å². The third-order valence-electron chi connectivity index (χ3n) is 9.43. The topological polar surface area (TPSA) is 39.7 Å². The Kier molecular flexibility index (Phi) is 9.53. The highest BCUT2D eigenvalue weighted by molar-refractivity contribution is 7.80. The molecule has 5 unspecified atom stereocenters. The number of hydrogen-bond donors (Lipinski definition) is 2. The van der Waals surface area contributed by atoms with E-state index in [0.717, 1.165) is 38.5 Å². The number of benzene rings is 2. The zero-order chi connectivity index (χ0) is 29.2. The van der Waals surface area contributed by atoms with Crippen LogP contribution in [-0.4, -0.2) is 38.0 Å². The van der Waals surface area contributed by atoms with Gasteiger partial charge in [0, 0.05) is 43.1 Å². The van der Waals surface area contributed by atoms with Crippen LogP contribution in [0.4, 0.5) is 22.0 Å². The van der Waals surface area contributed by atoms with E-state index >= 15 is 0 Å². The molecule has 2 aromatic rings. The van der Waals surface area contributed by atoms with Gasteiger partial charge in [0.2, 0.25) is 0 Å². The quantitative estimate of drug-likeness (QED) is 0.156. The number of thiol groups is 1. The maximum Gasteiger partial charge on any atom is 0.522 e. The van der Waals surface area contributed by atoms with Crippen LogP contribution in [0.1, 0.15) is 68.1 Å². The number of ether oxygens (including phenoxy) is 3. The summed E-state index contributed by atoms with van der Waals surface area (Å²) >= 11 is 4.09. The first-order valence-corrected chi connectivity index (χ1v) is 15.1. The summed E-state index contributed by atoms with van der Waals surface area (Å²) in [6.07, 6.45) is 1.66. The van der Waals surface area contributed by atoms with Gasteiger partial charge < -0.3 is 14.8 Å². The van der Waals surface area contributed by atoms with Gasteiger partial charge in [-0.25, -0.2) is 8.78 Å². The maximum atomic E-state index is 14.6. The van der Waals surface area contributed by atoms with Crippen LogP contribution in [0.25, 0.3) is 0 Å². The average molecular weight is 600 g/mol. The molecular formula is C31H38F5NO3S. The molecule has 2 aromatic carbocycles. The third kappa shape index (κ3) is 6.86. The zero-order valence-corrected chi connectivity index (χ0v) is 24.1. The van der Waals surface area contributed by atoms with Crippen molar-refractivity contribution in [3.05, 3.63) is 58.7 Å². The Hall–Kier alpha value is -1.88. The minimum absolute atomic E-state index is 0.0186. The molecule has 2 saturated carbocycles. The smallest absolute Gasteiger partial charge is 0.457 e. The monoisotopic (exact) mass is 599 g/mol. The summed E-state index contributed by atoms with van der Waals surface area (Å²) in [6, 6.07) is 8.44. The predicted molar refractivity (Wildman–Crippen MR) is 149 cm³/mol. The summed E-state index contributed by atoms with van der Waals surface area (Å²) in [7, 11) is 0. The Balaban J connectivity index is 1.21. The van der Waals surface area contributed by atoms with Gasteiger partial charge in [0.25, 0.3) is 0 Å². The van der Waals surface area contributed by atoms with E-state index in [-0.39, 0.29) is 49.0 Å². The number of aryl methyl sites for hydroxylation is 1. The normalized spacial score (nSPS) is 27.3. The van der Waals surface area contributed by atoms with E-state index < -0.39 is 18.0 Å². The van der Waals surface area contributed by atoms with Crippen LogP contribution < -0.4 is 10.1 Å². The number of halogens is 5. The first-order valence-electron chi connectivity index (χ1n) is 14.5. The second-order valence-corrected chi connectivity index (χ2v) is 12.2. The fourth-order valence-electron chi connectivity index (χ4n) is 7.56. The summed E-state index contributed by atoms with van der Waals surface area (Å²) < 4.78 is 81.8. The maximum absolute atomic E-state index is 14.6. The molecule has 4 nitrogen and oxygen atoms in total. The Labute approximate surface area is 243 Å². The van der Waals surface area contributed by atoms with Crippen molar-refractivity contribution in [1.29, 1.82) is 0 Å². The van der Waals surface area contributed by atoms with Gasteiger partial charge in [0.05, 0.1) is 12.7 Å². The van der Waals surface area contributed by atoms with Gasteiger partial charge in [-0.3, -0.25) is 4.74 Å². The summed E-state index contributed by atoms with van der Waals surface area (Å²) in [6.45, 7) is 2.82. The van der Waals surface area contributed by atoms with Gasteiger partial charge in [-0.15, -0.1) is 13.2 Å². The van der Waals surface area contributed by atoms with Gasteiger partial charge in [0.15, 0.2) is 0 Å². The fraction of sp³-hybridized carbons (Fsp3) is 0.613. The number of alkyl halides is 3. The first-order chi connectivity index (χ1) is 19.6. The molecule has 3 aliphatic carbocycles. The van der Waals surface area contributed by atoms with Crippen LogP contribution in [0, 0.1) is 28.9 Å². The van der Waals surface area contributed by atoms with Gasteiger partial charge in [-0.1, -0.05) is 13.0 Å². The molecule has 0 amide bonds. The van der Waals surface area contributed by atoms with Crippen LogP contribution >= 0.6 is 12.6 Å². The lowest BCUT2D eigenvalue weighted by atomic mass is 9.55. The molecule has 2 fully saturated rings. The van der Waals surface area contributed by atoms with E-state index in [1.165, 1.54) is 23.3 Å². The molecular weight excluding hydrogens is 561 g/mol. The first kappa shape index (κ1) is 30.6. The second kappa shape index (κ2) is 12.8. The molecule has 0 aromatic heterocycles. The molecule has 1 N–H and O–H groups in total. The molecule has 0 bridgehead atoms. The lowest BCUT2D eigenvalue weighted by Gasteiger charge is -2.50. The Morgan fingerprint density at radius 2 is 1.78 bits per heavy atom. The van der Waals surface area contributed by atoms with E-state index in [1.807, 2.05) is 12.1 Å². The molecule has 41 heavy (non-hydrogen) atoms. The molecule has 5 rings (SSSR count). The second-order valence-electron chi connectivity index (χ2n) is 11.8.